The van der Waals surface area contributed by atoms with Crippen molar-refractivity contribution < 1.29 is 14.3 Å². The highest BCUT2D eigenvalue weighted by molar-refractivity contribution is 6.30. The van der Waals surface area contributed by atoms with Crippen LogP contribution in [0.5, 0.6) is 0 Å². The van der Waals surface area contributed by atoms with Gasteiger partial charge in [-0.25, -0.2) is 0 Å². The lowest BCUT2D eigenvalue weighted by Gasteiger charge is -2.40. The molecular formula is C17H22ClNO3. The Bertz CT molecular complexity index is 557. The number of carbonyl (C=O) groups is 1. The van der Waals surface area contributed by atoms with Crippen LogP contribution in [0.3, 0.4) is 0 Å². The molecule has 2 fully saturated rings. The van der Waals surface area contributed by atoms with Crippen molar-refractivity contribution in [3.63, 3.8) is 0 Å². The second kappa shape index (κ2) is 5.84. The van der Waals surface area contributed by atoms with Gasteiger partial charge in [0.1, 0.15) is 0 Å². The second-order valence-corrected chi connectivity index (χ2v) is 6.97. The molecule has 22 heavy (non-hydrogen) atoms. The van der Waals surface area contributed by atoms with Crippen molar-refractivity contribution in [2.45, 2.75) is 37.9 Å². The molecule has 0 unspecified atom stereocenters. The topological polar surface area (TPSA) is 38.8 Å². The quantitative estimate of drug-likeness (QED) is 0.840. The third-order valence-corrected chi connectivity index (χ3v) is 4.94. The molecule has 0 aromatic heterocycles. The zero-order chi connectivity index (χ0) is 15.8. The molecule has 0 saturated carbocycles. The average Bonchev–Trinajstić information content (AvgIpc) is 2.95. The Hall–Kier alpha value is -1.10. The van der Waals surface area contributed by atoms with Crippen molar-refractivity contribution >= 4 is 17.5 Å². The Morgan fingerprint density at radius 3 is 2.45 bits per heavy atom. The van der Waals surface area contributed by atoms with E-state index in [2.05, 4.69) is 0 Å². The highest BCUT2D eigenvalue weighted by Gasteiger charge is 2.43. The Kier molecular flexibility index (Phi) is 4.19. The highest BCUT2D eigenvalue weighted by Crippen LogP contribution is 2.34. The maximum Gasteiger partial charge on any atom is 0.232 e. The van der Waals surface area contributed by atoms with Gasteiger partial charge in [-0.05, 0) is 31.5 Å². The Labute approximate surface area is 136 Å². The van der Waals surface area contributed by atoms with Crippen molar-refractivity contribution in [3.05, 3.63) is 34.9 Å². The molecule has 2 aliphatic heterocycles. The van der Waals surface area contributed by atoms with Crippen LogP contribution in [0.15, 0.2) is 24.3 Å². The normalized spacial score (nSPS) is 21.3. The van der Waals surface area contributed by atoms with Gasteiger partial charge in [-0.3, -0.25) is 4.79 Å². The molecule has 2 heterocycles. The second-order valence-electron chi connectivity index (χ2n) is 6.54. The number of hydrogen-bond acceptors (Lipinski definition) is 3. The first kappa shape index (κ1) is 15.8. The zero-order valence-corrected chi connectivity index (χ0v) is 13.9. The SMILES string of the molecule is CC(C)(C(=O)N1CCC2(CC1)OCCO2)c1cccc(Cl)c1. The van der Waals surface area contributed by atoms with E-state index in [0.717, 1.165) is 18.4 Å². The number of ether oxygens (including phenoxy) is 2. The lowest BCUT2D eigenvalue weighted by molar-refractivity contribution is -0.188. The van der Waals surface area contributed by atoms with E-state index < -0.39 is 11.2 Å². The molecule has 0 N–H and O–H groups in total. The van der Waals surface area contributed by atoms with Crippen molar-refractivity contribution in [1.82, 2.24) is 4.90 Å². The third kappa shape index (κ3) is 2.87. The van der Waals surface area contributed by atoms with Gasteiger partial charge in [0.05, 0.1) is 18.6 Å². The molecule has 5 heteroatoms. The number of benzene rings is 1. The molecule has 0 bridgehead atoms. The molecule has 0 atom stereocenters. The van der Waals surface area contributed by atoms with Crippen LogP contribution in [0, 0.1) is 0 Å². The summed E-state index contributed by atoms with van der Waals surface area (Å²) in [7, 11) is 0. The first-order valence-corrected chi connectivity index (χ1v) is 8.14. The van der Waals surface area contributed by atoms with Gasteiger partial charge in [-0.2, -0.15) is 0 Å². The van der Waals surface area contributed by atoms with Crippen LogP contribution in [0.2, 0.25) is 5.02 Å². The third-order valence-electron chi connectivity index (χ3n) is 4.71. The molecule has 4 nitrogen and oxygen atoms in total. The van der Waals surface area contributed by atoms with E-state index in [-0.39, 0.29) is 5.91 Å². The van der Waals surface area contributed by atoms with Gasteiger partial charge in [0, 0.05) is 31.0 Å². The summed E-state index contributed by atoms with van der Waals surface area (Å²) in [5.41, 5.74) is 0.353. The molecule has 3 rings (SSSR count). The van der Waals surface area contributed by atoms with Crippen molar-refractivity contribution in [1.29, 1.82) is 0 Å². The van der Waals surface area contributed by atoms with Crippen molar-refractivity contribution in [3.8, 4) is 0 Å². The van der Waals surface area contributed by atoms with Crippen LogP contribution < -0.4 is 0 Å². The van der Waals surface area contributed by atoms with Crippen LogP contribution in [-0.4, -0.2) is 42.9 Å². The smallest absolute Gasteiger partial charge is 0.232 e. The fourth-order valence-corrected chi connectivity index (χ4v) is 3.42. The van der Waals surface area contributed by atoms with E-state index in [0.29, 0.717) is 31.3 Å². The van der Waals surface area contributed by atoms with E-state index in [4.69, 9.17) is 21.1 Å². The summed E-state index contributed by atoms with van der Waals surface area (Å²) in [6.07, 6.45) is 1.48. The number of hydrogen-bond donors (Lipinski definition) is 0. The Morgan fingerprint density at radius 2 is 1.86 bits per heavy atom. The first-order chi connectivity index (χ1) is 10.4. The van der Waals surface area contributed by atoms with Crippen molar-refractivity contribution in [2.75, 3.05) is 26.3 Å². The van der Waals surface area contributed by atoms with Gasteiger partial charge in [0.25, 0.3) is 0 Å². The number of rotatable bonds is 2. The van der Waals surface area contributed by atoms with Gasteiger partial charge < -0.3 is 14.4 Å². The van der Waals surface area contributed by atoms with Crippen LogP contribution >= 0.6 is 11.6 Å². The van der Waals surface area contributed by atoms with E-state index in [1.54, 1.807) is 0 Å². The lowest BCUT2D eigenvalue weighted by atomic mass is 9.82. The average molecular weight is 324 g/mol. The number of halogens is 1. The summed E-state index contributed by atoms with van der Waals surface area (Å²) in [4.78, 5) is 14.8. The van der Waals surface area contributed by atoms with Gasteiger partial charge in [0.2, 0.25) is 5.91 Å². The molecule has 2 aliphatic rings. The fraction of sp³-hybridized carbons (Fsp3) is 0.588. The molecule has 1 aromatic rings. The minimum Gasteiger partial charge on any atom is -0.347 e. The van der Waals surface area contributed by atoms with E-state index in [1.165, 1.54) is 0 Å². The summed E-state index contributed by atoms with van der Waals surface area (Å²) >= 11 is 6.07. The van der Waals surface area contributed by atoms with E-state index in [1.807, 2.05) is 43.0 Å². The lowest BCUT2D eigenvalue weighted by Crippen LogP contribution is -2.51. The van der Waals surface area contributed by atoms with Crippen molar-refractivity contribution in [2.24, 2.45) is 0 Å². The van der Waals surface area contributed by atoms with E-state index >= 15 is 0 Å². The van der Waals surface area contributed by atoms with Crippen LogP contribution in [-0.2, 0) is 19.7 Å². The minimum absolute atomic E-state index is 0.127. The summed E-state index contributed by atoms with van der Waals surface area (Å²) < 4.78 is 11.4. The molecule has 0 aliphatic carbocycles. The molecule has 0 radical (unpaired) electrons. The predicted octanol–water partition coefficient (Wildman–Crippen LogP) is 2.98. The molecule has 1 amide bonds. The zero-order valence-electron chi connectivity index (χ0n) is 13.1. The van der Waals surface area contributed by atoms with Crippen LogP contribution in [0.1, 0.15) is 32.3 Å². The highest BCUT2D eigenvalue weighted by atomic mass is 35.5. The van der Waals surface area contributed by atoms with E-state index in [9.17, 15) is 4.79 Å². The number of piperidine rings is 1. The Balaban J connectivity index is 1.71. The van der Waals surface area contributed by atoms with Crippen LogP contribution in [0.25, 0.3) is 0 Å². The predicted molar refractivity (Wildman–Crippen MR) is 84.9 cm³/mol. The van der Waals surface area contributed by atoms with Gasteiger partial charge >= 0.3 is 0 Å². The summed E-state index contributed by atoms with van der Waals surface area (Å²) in [5, 5.41) is 0.656. The van der Waals surface area contributed by atoms with Crippen LogP contribution in [0.4, 0.5) is 0 Å². The maximum absolute atomic E-state index is 12.9. The largest absolute Gasteiger partial charge is 0.347 e. The summed E-state index contributed by atoms with van der Waals surface area (Å²) in [6, 6.07) is 7.54. The summed E-state index contributed by atoms with van der Waals surface area (Å²) in [5.74, 6) is -0.320. The molecule has 2 saturated heterocycles. The van der Waals surface area contributed by atoms with Gasteiger partial charge in [-0.1, -0.05) is 23.7 Å². The number of likely N-dealkylation sites (tertiary alicyclic amines) is 1. The van der Waals surface area contributed by atoms with Gasteiger partial charge in [-0.15, -0.1) is 0 Å². The Morgan fingerprint density at radius 1 is 1.23 bits per heavy atom. The molecule has 1 aromatic carbocycles. The number of amides is 1. The fourth-order valence-electron chi connectivity index (χ4n) is 3.23. The number of carbonyl (C=O) groups excluding carboxylic acids is 1. The first-order valence-electron chi connectivity index (χ1n) is 7.76. The minimum atomic E-state index is -0.590. The number of nitrogens with zero attached hydrogens (tertiary/aromatic N) is 1. The monoisotopic (exact) mass is 323 g/mol. The maximum atomic E-state index is 12.9. The van der Waals surface area contributed by atoms with Gasteiger partial charge in [0.15, 0.2) is 5.79 Å². The summed E-state index contributed by atoms with van der Waals surface area (Å²) in [6.45, 7) is 6.55. The molecule has 120 valence electrons. The standard InChI is InChI=1S/C17H22ClNO3/c1-16(2,13-4-3-5-14(18)12-13)15(20)19-8-6-17(7-9-19)21-10-11-22-17/h3-5,12H,6-11H2,1-2H3. The molecular weight excluding hydrogens is 302 g/mol. The molecule has 1 spiro atoms.